The van der Waals surface area contributed by atoms with Gasteiger partial charge in [0.15, 0.2) is 15.6 Å². The van der Waals surface area contributed by atoms with Gasteiger partial charge in [-0.3, -0.25) is 0 Å². The van der Waals surface area contributed by atoms with Crippen molar-refractivity contribution < 1.29 is 14.3 Å². The molecule has 1 aliphatic carbocycles. The fourth-order valence-corrected chi connectivity index (χ4v) is 7.55. The lowest BCUT2D eigenvalue weighted by molar-refractivity contribution is -0.0372. The predicted octanol–water partition coefficient (Wildman–Crippen LogP) is 4.42. The zero-order chi connectivity index (χ0) is 25.9. The quantitative estimate of drug-likeness (QED) is 0.410. The smallest absolute Gasteiger partial charge is 0.407 e. The molecule has 198 valence electrons. The molecule has 6 rings (SSSR count). The number of rotatable bonds is 5. The van der Waals surface area contributed by atoms with Crippen LogP contribution >= 0.6 is 33.9 Å². The topological polar surface area (TPSA) is 107 Å². The van der Waals surface area contributed by atoms with Crippen molar-refractivity contribution in [1.82, 2.24) is 30.0 Å². The molecular weight excluding hydrogens is 605 g/mol. The van der Waals surface area contributed by atoms with Crippen molar-refractivity contribution in [1.29, 1.82) is 0 Å². The highest BCUT2D eigenvalue weighted by Crippen LogP contribution is 2.64. The Morgan fingerprint density at radius 3 is 2.73 bits per heavy atom. The molecule has 0 radical (unpaired) electrons. The Kier molecular flexibility index (Phi) is 6.34. The van der Waals surface area contributed by atoms with Crippen molar-refractivity contribution in [3.8, 4) is 0 Å². The van der Waals surface area contributed by atoms with Gasteiger partial charge in [0.05, 0.1) is 6.20 Å². The number of nitrogens with one attached hydrogen (secondary N) is 1. The van der Waals surface area contributed by atoms with Crippen LogP contribution in [0.5, 0.6) is 0 Å². The van der Waals surface area contributed by atoms with E-state index in [2.05, 4.69) is 38.2 Å². The maximum atomic E-state index is 12.5. The normalized spacial score (nSPS) is 27.4. The van der Waals surface area contributed by atoms with Gasteiger partial charge < -0.3 is 19.7 Å². The van der Waals surface area contributed by atoms with E-state index in [0.29, 0.717) is 18.4 Å². The molecule has 10 nitrogen and oxygen atoms in total. The summed E-state index contributed by atoms with van der Waals surface area (Å²) >= 11 is 3.91. The van der Waals surface area contributed by atoms with E-state index in [4.69, 9.17) is 29.5 Å². The van der Waals surface area contributed by atoms with E-state index < -0.39 is 5.60 Å². The van der Waals surface area contributed by atoms with Crippen LogP contribution in [0.3, 0.4) is 0 Å². The molecule has 0 spiro atoms. The van der Waals surface area contributed by atoms with Crippen LogP contribution in [0.4, 0.5) is 10.6 Å². The number of hydrogen-bond donors (Lipinski definition) is 1. The first-order valence-corrected chi connectivity index (χ1v) is 14.8. The number of aromatic nitrogens is 5. The summed E-state index contributed by atoms with van der Waals surface area (Å²) in [4.78, 5) is 29.4. The molecule has 2 unspecified atom stereocenters. The van der Waals surface area contributed by atoms with Gasteiger partial charge >= 0.3 is 6.09 Å². The molecule has 0 bridgehead atoms. The molecular formula is C25H32IN7O3S. The van der Waals surface area contributed by atoms with Crippen molar-refractivity contribution in [2.24, 2.45) is 11.8 Å². The van der Waals surface area contributed by atoms with Crippen molar-refractivity contribution in [3.05, 3.63) is 26.0 Å². The average Bonchev–Trinajstić information content (AvgIpc) is 3.29. The molecule has 5 heterocycles. The SMILES string of the molecule is Cc1csc(C2(CNC(=O)OC(C)(C)C)[C@@H]3CN(c4cnc5c(I)nn(C6CCCCO6)c5n4)C[C@@H]32)n1. The number of halogens is 1. The molecule has 3 aliphatic rings. The van der Waals surface area contributed by atoms with Crippen LogP contribution in [0.15, 0.2) is 11.6 Å². The number of amides is 1. The van der Waals surface area contributed by atoms with Gasteiger partial charge in [-0.2, -0.15) is 5.10 Å². The Labute approximate surface area is 233 Å². The molecule has 2 aliphatic heterocycles. The predicted molar refractivity (Wildman–Crippen MR) is 149 cm³/mol. The molecule has 1 N–H and O–H groups in total. The maximum Gasteiger partial charge on any atom is 0.407 e. The Bertz CT molecular complexity index is 1320. The Balaban J connectivity index is 1.22. The molecule has 3 aromatic rings. The summed E-state index contributed by atoms with van der Waals surface area (Å²) in [5.74, 6) is 1.60. The van der Waals surface area contributed by atoms with E-state index in [1.165, 1.54) is 0 Å². The number of nitrogens with zero attached hydrogens (tertiary/aromatic N) is 6. The minimum Gasteiger partial charge on any atom is -0.444 e. The number of piperidine rings is 1. The summed E-state index contributed by atoms with van der Waals surface area (Å²) in [7, 11) is 0. The Morgan fingerprint density at radius 2 is 2.08 bits per heavy atom. The molecule has 3 aromatic heterocycles. The van der Waals surface area contributed by atoms with Crippen LogP contribution in [-0.4, -0.2) is 62.7 Å². The first-order valence-electron chi connectivity index (χ1n) is 12.8. The van der Waals surface area contributed by atoms with Gasteiger partial charge in [-0.1, -0.05) is 0 Å². The molecule has 37 heavy (non-hydrogen) atoms. The van der Waals surface area contributed by atoms with Crippen LogP contribution in [-0.2, 0) is 14.9 Å². The minimum absolute atomic E-state index is 0.0870. The third kappa shape index (κ3) is 4.58. The molecule has 2 saturated heterocycles. The molecule has 12 heteroatoms. The highest BCUT2D eigenvalue weighted by molar-refractivity contribution is 14.1. The summed E-state index contributed by atoms with van der Waals surface area (Å²) in [6.45, 7) is 10.6. The maximum absolute atomic E-state index is 12.5. The summed E-state index contributed by atoms with van der Waals surface area (Å²) in [6.07, 6.45) is 4.54. The summed E-state index contributed by atoms with van der Waals surface area (Å²) < 4.78 is 14.3. The fourth-order valence-electron chi connectivity index (χ4n) is 5.81. The van der Waals surface area contributed by atoms with Gasteiger partial charge in [-0.05, 0) is 81.4 Å². The average molecular weight is 638 g/mol. The van der Waals surface area contributed by atoms with Gasteiger partial charge in [0, 0.05) is 42.7 Å². The summed E-state index contributed by atoms with van der Waals surface area (Å²) in [5.41, 5.74) is 1.91. The first-order chi connectivity index (χ1) is 17.7. The number of thiazole rings is 1. The van der Waals surface area contributed by atoms with Crippen molar-refractivity contribution >= 4 is 57.0 Å². The highest BCUT2D eigenvalue weighted by Gasteiger charge is 2.70. The third-order valence-corrected chi connectivity index (χ3v) is 9.46. The van der Waals surface area contributed by atoms with Crippen LogP contribution in [0.25, 0.3) is 11.2 Å². The van der Waals surface area contributed by atoms with Gasteiger partial charge in [0.25, 0.3) is 0 Å². The number of ether oxygens (including phenoxy) is 2. The number of fused-ring (bicyclic) bond motifs is 2. The van der Waals surface area contributed by atoms with Gasteiger partial charge in [0.2, 0.25) is 0 Å². The zero-order valence-electron chi connectivity index (χ0n) is 21.5. The second kappa shape index (κ2) is 9.30. The van der Waals surface area contributed by atoms with Crippen LogP contribution in [0.2, 0.25) is 0 Å². The molecule has 1 amide bonds. The lowest BCUT2D eigenvalue weighted by Crippen LogP contribution is -2.41. The Hall–Kier alpha value is -2.06. The van der Waals surface area contributed by atoms with E-state index in [-0.39, 0.29) is 17.7 Å². The highest BCUT2D eigenvalue weighted by atomic mass is 127. The minimum atomic E-state index is -0.532. The van der Waals surface area contributed by atoms with E-state index in [9.17, 15) is 4.79 Å². The van der Waals surface area contributed by atoms with Crippen LogP contribution in [0, 0.1) is 22.5 Å². The summed E-state index contributed by atoms with van der Waals surface area (Å²) in [6, 6.07) is 0. The van der Waals surface area contributed by atoms with Crippen LogP contribution < -0.4 is 10.2 Å². The number of hydrogen-bond acceptors (Lipinski definition) is 9. The number of alkyl carbamates (subject to hydrolysis) is 1. The zero-order valence-corrected chi connectivity index (χ0v) is 24.5. The molecule has 0 aromatic carbocycles. The second-order valence-electron chi connectivity index (χ2n) is 11.3. The molecule has 3 fully saturated rings. The number of anilines is 1. The fraction of sp³-hybridized carbons (Fsp3) is 0.640. The van der Waals surface area contributed by atoms with Crippen molar-refractivity contribution in [3.63, 3.8) is 0 Å². The number of aryl methyl sites for hydroxylation is 1. The lowest BCUT2D eigenvalue weighted by atomic mass is 10.0. The van der Waals surface area contributed by atoms with E-state index in [1.807, 2.05) is 38.6 Å². The number of carbonyl (C=O) groups is 1. The van der Waals surface area contributed by atoms with Crippen molar-refractivity contribution in [2.75, 3.05) is 31.1 Å². The van der Waals surface area contributed by atoms with E-state index in [1.54, 1.807) is 11.3 Å². The van der Waals surface area contributed by atoms with Gasteiger partial charge in [-0.25, -0.2) is 24.4 Å². The van der Waals surface area contributed by atoms with Gasteiger partial charge in [0.1, 0.15) is 21.9 Å². The van der Waals surface area contributed by atoms with Crippen LogP contribution in [0.1, 0.15) is 57.0 Å². The number of carbonyl (C=O) groups excluding carboxylic acids is 1. The monoisotopic (exact) mass is 637 g/mol. The molecule has 1 saturated carbocycles. The lowest BCUT2D eigenvalue weighted by Gasteiger charge is -2.27. The molecule has 4 atom stereocenters. The first kappa shape index (κ1) is 25.2. The van der Waals surface area contributed by atoms with Gasteiger partial charge in [-0.15, -0.1) is 11.3 Å². The second-order valence-corrected chi connectivity index (χ2v) is 13.1. The third-order valence-electron chi connectivity index (χ3n) is 7.58. The van der Waals surface area contributed by atoms with E-state index >= 15 is 0 Å². The van der Waals surface area contributed by atoms with Crippen molar-refractivity contribution in [2.45, 2.75) is 64.2 Å². The standard InChI is InChI=1S/C25H32IN7O3S/c1-14-12-37-22(29-14)25(13-28-23(34)36-24(2,3)4)15-10-32(11-16(15)25)17-9-27-19-20(26)31-33(21(19)30-17)18-7-5-6-8-35-18/h9,12,15-16,18H,5-8,10-11,13H2,1-4H3,(H,28,34)/t15-,16+,18?,25?. The Morgan fingerprint density at radius 1 is 1.30 bits per heavy atom. The van der Waals surface area contributed by atoms with E-state index in [0.717, 1.165) is 70.3 Å². The summed E-state index contributed by atoms with van der Waals surface area (Å²) in [5, 5.41) is 10.9. The largest absolute Gasteiger partial charge is 0.444 e.